The van der Waals surface area contributed by atoms with Gasteiger partial charge in [0.2, 0.25) is 0 Å². The standard InChI is InChI=1S/C11H12BrFN4/c1-17-3-2-10(16-17)11(15-14)7-4-8(12)6-9(13)5-7/h2-6,11,15H,14H2,1H3. The topological polar surface area (TPSA) is 55.9 Å². The Balaban J connectivity index is 2.41. The average molecular weight is 299 g/mol. The molecule has 0 aliphatic heterocycles. The van der Waals surface area contributed by atoms with E-state index in [1.807, 2.05) is 25.4 Å². The van der Waals surface area contributed by atoms with Crippen molar-refractivity contribution in [1.29, 1.82) is 0 Å². The molecule has 0 spiro atoms. The van der Waals surface area contributed by atoms with E-state index in [0.717, 1.165) is 11.3 Å². The highest BCUT2D eigenvalue weighted by atomic mass is 79.9. The summed E-state index contributed by atoms with van der Waals surface area (Å²) in [4.78, 5) is 0. The van der Waals surface area contributed by atoms with E-state index in [4.69, 9.17) is 5.84 Å². The maximum atomic E-state index is 13.3. The minimum absolute atomic E-state index is 0.314. The third-order valence-electron chi connectivity index (χ3n) is 2.41. The molecule has 0 radical (unpaired) electrons. The largest absolute Gasteiger partial charge is 0.275 e. The van der Waals surface area contributed by atoms with Gasteiger partial charge in [-0.2, -0.15) is 5.10 Å². The third kappa shape index (κ3) is 2.71. The normalized spacial score (nSPS) is 12.7. The zero-order chi connectivity index (χ0) is 12.4. The molecule has 0 amide bonds. The number of hydrazine groups is 1. The number of hydrogen-bond donors (Lipinski definition) is 2. The molecule has 17 heavy (non-hydrogen) atoms. The minimum atomic E-state index is -0.330. The van der Waals surface area contributed by atoms with E-state index in [9.17, 15) is 4.39 Å². The first-order valence-corrected chi connectivity index (χ1v) is 5.81. The summed E-state index contributed by atoms with van der Waals surface area (Å²) in [5.41, 5.74) is 4.10. The second kappa shape index (κ2) is 4.95. The summed E-state index contributed by atoms with van der Waals surface area (Å²) in [5.74, 6) is 5.19. The highest BCUT2D eigenvalue weighted by molar-refractivity contribution is 9.10. The summed E-state index contributed by atoms with van der Waals surface area (Å²) >= 11 is 3.25. The van der Waals surface area contributed by atoms with Crippen LogP contribution in [-0.2, 0) is 7.05 Å². The molecule has 0 saturated carbocycles. The molecule has 1 heterocycles. The maximum absolute atomic E-state index is 13.3. The summed E-state index contributed by atoms with van der Waals surface area (Å²) in [5, 5.41) is 4.25. The number of hydrogen-bond acceptors (Lipinski definition) is 3. The van der Waals surface area contributed by atoms with Crippen molar-refractivity contribution in [1.82, 2.24) is 15.2 Å². The molecule has 3 N–H and O–H groups in total. The first-order valence-electron chi connectivity index (χ1n) is 5.02. The first-order chi connectivity index (χ1) is 8.10. The predicted octanol–water partition coefficient (Wildman–Crippen LogP) is 1.87. The van der Waals surface area contributed by atoms with Gasteiger partial charge in [0, 0.05) is 17.7 Å². The number of aryl methyl sites for hydroxylation is 1. The zero-order valence-corrected chi connectivity index (χ0v) is 10.8. The number of benzene rings is 1. The second-order valence-electron chi connectivity index (χ2n) is 3.72. The molecule has 0 fully saturated rings. The van der Waals surface area contributed by atoms with Gasteiger partial charge in [-0.3, -0.25) is 10.5 Å². The van der Waals surface area contributed by atoms with Crippen molar-refractivity contribution in [3.05, 3.63) is 52.0 Å². The number of rotatable bonds is 3. The summed E-state index contributed by atoms with van der Waals surface area (Å²) in [6, 6.07) is 6.15. The van der Waals surface area contributed by atoms with Gasteiger partial charge in [0.1, 0.15) is 5.82 Å². The first kappa shape index (κ1) is 12.2. The van der Waals surface area contributed by atoms with Gasteiger partial charge in [-0.1, -0.05) is 15.9 Å². The van der Waals surface area contributed by atoms with Gasteiger partial charge in [-0.15, -0.1) is 0 Å². The van der Waals surface area contributed by atoms with Crippen LogP contribution in [0.1, 0.15) is 17.3 Å². The summed E-state index contributed by atoms with van der Waals surface area (Å²) in [6.07, 6.45) is 1.81. The number of nitrogens with one attached hydrogen (secondary N) is 1. The molecule has 0 bridgehead atoms. The second-order valence-corrected chi connectivity index (χ2v) is 4.63. The fraction of sp³-hybridized carbons (Fsp3) is 0.182. The number of nitrogens with zero attached hydrogens (tertiary/aromatic N) is 2. The van der Waals surface area contributed by atoms with Gasteiger partial charge in [-0.05, 0) is 29.8 Å². The van der Waals surface area contributed by atoms with Crippen molar-refractivity contribution in [2.75, 3.05) is 0 Å². The Labute approximate surface area is 107 Å². The van der Waals surface area contributed by atoms with Crippen molar-refractivity contribution < 1.29 is 4.39 Å². The zero-order valence-electron chi connectivity index (χ0n) is 9.19. The van der Waals surface area contributed by atoms with E-state index < -0.39 is 0 Å². The molecule has 90 valence electrons. The van der Waals surface area contributed by atoms with Gasteiger partial charge in [0.25, 0.3) is 0 Å². The molecular formula is C11H12BrFN4. The molecule has 1 unspecified atom stereocenters. The van der Waals surface area contributed by atoms with Gasteiger partial charge in [0.15, 0.2) is 0 Å². The Bertz CT molecular complexity index is 506. The van der Waals surface area contributed by atoms with Crippen molar-refractivity contribution in [2.45, 2.75) is 6.04 Å². The molecule has 0 aliphatic rings. The Kier molecular flexibility index (Phi) is 3.56. The van der Waals surface area contributed by atoms with Gasteiger partial charge in [-0.25, -0.2) is 9.82 Å². The van der Waals surface area contributed by atoms with Crippen LogP contribution in [-0.4, -0.2) is 9.78 Å². The highest BCUT2D eigenvalue weighted by Gasteiger charge is 2.16. The Morgan fingerprint density at radius 1 is 1.47 bits per heavy atom. The Hall–Kier alpha value is -1.24. The molecule has 2 rings (SSSR count). The molecule has 4 nitrogen and oxygen atoms in total. The van der Waals surface area contributed by atoms with Gasteiger partial charge < -0.3 is 0 Å². The van der Waals surface area contributed by atoms with Crippen LogP contribution in [0.5, 0.6) is 0 Å². The van der Waals surface area contributed by atoms with E-state index in [-0.39, 0.29) is 11.9 Å². The number of aromatic nitrogens is 2. The predicted molar refractivity (Wildman–Crippen MR) is 66.5 cm³/mol. The van der Waals surface area contributed by atoms with Crippen LogP contribution in [0, 0.1) is 5.82 Å². The lowest BCUT2D eigenvalue weighted by molar-refractivity contribution is 0.588. The van der Waals surface area contributed by atoms with Crippen molar-refractivity contribution in [3.63, 3.8) is 0 Å². The summed E-state index contributed by atoms with van der Waals surface area (Å²) in [6.45, 7) is 0. The molecule has 1 aromatic carbocycles. The number of nitrogens with two attached hydrogens (primary N) is 1. The molecular weight excluding hydrogens is 287 g/mol. The van der Waals surface area contributed by atoms with Crippen molar-refractivity contribution in [2.24, 2.45) is 12.9 Å². The van der Waals surface area contributed by atoms with Crippen LogP contribution in [0.15, 0.2) is 34.9 Å². The maximum Gasteiger partial charge on any atom is 0.124 e. The Morgan fingerprint density at radius 3 is 2.76 bits per heavy atom. The van der Waals surface area contributed by atoms with E-state index in [2.05, 4.69) is 26.5 Å². The third-order valence-corrected chi connectivity index (χ3v) is 2.87. The molecule has 2 aromatic rings. The smallest absolute Gasteiger partial charge is 0.124 e. The van der Waals surface area contributed by atoms with Crippen molar-refractivity contribution in [3.8, 4) is 0 Å². The summed E-state index contributed by atoms with van der Waals surface area (Å²) in [7, 11) is 1.82. The SMILES string of the molecule is Cn1ccc(C(NN)c2cc(F)cc(Br)c2)n1. The van der Waals surface area contributed by atoms with Gasteiger partial charge in [0.05, 0.1) is 11.7 Å². The average Bonchev–Trinajstić information content (AvgIpc) is 2.64. The van der Waals surface area contributed by atoms with Crippen LogP contribution >= 0.6 is 15.9 Å². The molecule has 1 aromatic heterocycles. The van der Waals surface area contributed by atoms with Crippen LogP contribution < -0.4 is 11.3 Å². The van der Waals surface area contributed by atoms with Crippen LogP contribution in [0.25, 0.3) is 0 Å². The monoisotopic (exact) mass is 298 g/mol. The lowest BCUT2D eigenvalue weighted by atomic mass is 10.0. The fourth-order valence-corrected chi connectivity index (χ4v) is 2.16. The van der Waals surface area contributed by atoms with Crippen LogP contribution in [0.3, 0.4) is 0 Å². The minimum Gasteiger partial charge on any atom is -0.275 e. The van der Waals surface area contributed by atoms with Crippen LogP contribution in [0.2, 0.25) is 0 Å². The molecule has 1 atom stereocenters. The molecule has 6 heteroatoms. The lowest BCUT2D eigenvalue weighted by Crippen LogP contribution is -2.29. The van der Waals surface area contributed by atoms with E-state index in [0.29, 0.717) is 4.47 Å². The van der Waals surface area contributed by atoms with E-state index in [1.54, 1.807) is 4.68 Å². The molecule has 0 aliphatic carbocycles. The number of halogens is 2. The molecule has 0 saturated heterocycles. The van der Waals surface area contributed by atoms with Crippen LogP contribution in [0.4, 0.5) is 4.39 Å². The Morgan fingerprint density at radius 2 is 2.24 bits per heavy atom. The lowest BCUT2D eigenvalue weighted by Gasteiger charge is -2.14. The fourth-order valence-electron chi connectivity index (χ4n) is 1.68. The van der Waals surface area contributed by atoms with Gasteiger partial charge >= 0.3 is 0 Å². The highest BCUT2D eigenvalue weighted by Crippen LogP contribution is 2.24. The van der Waals surface area contributed by atoms with E-state index in [1.165, 1.54) is 12.1 Å². The summed E-state index contributed by atoms with van der Waals surface area (Å²) < 4.78 is 15.7. The quantitative estimate of drug-likeness (QED) is 0.672. The van der Waals surface area contributed by atoms with Crippen molar-refractivity contribution >= 4 is 15.9 Å². The van der Waals surface area contributed by atoms with E-state index >= 15 is 0 Å².